The van der Waals surface area contributed by atoms with Gasteiger partial charge in [0.15, 0.2) is 0 Å². The highest BCUT2D eigenvalue weighted by Gasteiger charge is 2.21. The zero-order chi connectivity index (χ0) is 16.8. The van der Waals surface area contributed by atoms with Gasteiger partial charge in [-0.15, -0.1) is 11.3 Å². The largest absolute Gasteiger partial charge is 0.383 e. The van der Waals surface area contributed by atoms with Gasteiger partial charge in [0.05, 0.1) is 19.2 Å². The van der Waals surface area contributed by atoms with Crippen molar-refractivity contribution in [3.05, 3.63) is 50.6 Å². The fourth-order valence-electron chi connectivity index (χ4n) is 2.16. The summed E-state index contributed by atoms with van der Waals surface area (Å²) in [4.78, 5) is 25.3. The van der Waals surface area contributed by atoms with Gasteiger partial charge in [0.1, 0.15) is 5.69 Å². The van der Waals surface area contributed by atoms with Gasteiger partial charge in [0, 0.05) is 18.1 Å². The summed E-state index contributed by atoms with van der Waals surface area (Å²) >= 11 is 1.61. The normalized spacial score (nSPS) is 12.3. The minimum Gasteiger partial charge on any atom is -0.383 e. The number of aromatic nitrogens is 2. The Bertz CT molecular complexity index is 695. The van der Waals surface area contributed by atoms with Crippen LogP contribution < -0.4 is 10.9 Å². The van der Waals surface area contributed by atoms with Crippen LogP contribution in [-0.4, -0.2) is 29.4 Å². The molecule has 0 aliphatic heterocycles. The third kappa shape index (κ3) is 4.49. The molecule has 2 aromatic heterocycles. The molecule has 124 valence electrons. The predicted molar refractivity (Wildman–Crippen MR) is 89.7 cm³/mol. The van der Waals surface area contributed by atoms with Gasteiger partial charge in [-0.25, -0.2) is 4.68 Å². The molecule has 2 rings (SSSR count). The lowest BCUT2D eigenvalue weighted by Gasteiger charge is -2.21. The molecular weight excluding hydrogens is 314 g/mol. The minimum absolute atomic E-state index is 0.0800. The van der Waals surface area contributed by atoms with Crippen molar-refractivity contribution in [3.8, 4) is 0 Å². The second kappa shape index (κ2) is 8.03. The molecule has 2 aromatic rings. The average Bonchev–Trinajstić information content (AvgIpc) is 3.05. The van der Waals surface area contributed by atoms with Crippen LogP contribution in [-0.2, 0) is 11.3 Å². The van der Waals surface area contributed by atoms with Crippen LogP contribution in [0.2, 0.25) is 0 Å². The van der Waals surface area contributed by atoms with Crippen LogP contribution in [0.4, 0.5) is 0 Å². The Labute approximate surface area is 139 Å². The zero-order valence-electron chi connectivity index (χ0n) is 13.5. The fourth-order valence-corrected chi connectivity index (χ4v) is 3.11. The molecule has 7 heteroatoms. The molecule has 6 nitrogen and oxygen atoms in total. The first-order valence-corrected chi connectivity index (χ1v) is 8.32. The standard InChI is InChI=1S/C16H21N3O3S/c1-11(2)15(13-5-4-10-23-13)17-16(21)12-6-7-14(20)19(18-12)8-9-22-3/h4-7,10-11,15H,8-9H2,1-3H3,(H,17,21)/t15-/m0/s1. The van der Waals surface area contributed by atoms with Gasteiger partial charge in [-0.1, -0.05) is 19.9 Å². The maximum absolute atomic E-state index is 12.5. The van der Waals surface area contributed by atoms with Crippen molar-refractivity contribution in [2.45, 2.75) is 26.4 Å². The third-order valence-corrected chi connectivity index (χ3v) is 4.36. The lowest BCUT2D eigenvalue weighted by Crippen LogP contribution is -2.34. The number of nitrogens with one attached hydrogen (secondary N) is 1. The second-order valence-electron chi connectivity index (χ2n) is 5.48. The van der Waals surface area contributed by atoms with E-state index in [1.165, 1.54) is 16.8 Å². The van der Waals surface area contributed by atoms with E-state index >= 15 is 0 Å². The monoisotopic (exact) mass is 335 g/mol. The van der Waals surface area contributed by atoms with Crippen molar-refractivity contribution in [1.82, 2.24) is 15.1 Å². The molecule has 0 aliphatic carbocycles. The van der Waals surface area contributed by atoms with Crippen molar-refractivity contribution >= 4 is 17.2 Å². The number of hydrogen-bond donors (Lipinski definition) is 1. The summed E-state index contributed by atoms with van der Waals surface area (Å²) in [6.07, 6.45) is 0. The molecule has 2 heterocycles. The van der Waals surface area contributed by atoms with E-state index < -0.39 is 0 Å². The first-order chi connectivity index (χ1) is 11.0. The summed E-state index contributed by atoms with van der Waals surface area (Å²) in [6.45, 7) is 4.78. The van der Waals surface area contributed by atoms with Gasteiger partial charge in [-0.05, 0) is 23.4 Å². The smallest absolute Gasteiger partial charge is 0.272 e. The minimum atomic E-state index is -0.289. The number of amides is 1. The van der Waals surface area contributed by atoms with Gasteiger partial charge in [-0.3, -0.25) is 9.59 Å². The molecule has 1 N–H and O–H groups in total. The lowest BCUT2D eigenvalue weighted by molar-refractivity contribution is 0.0917. The third-order valence-electron chi connectivity index (χ3n) is 3.41. The van der Waals surface area contributed by atoms with E-state index in [0.29, 0.717) is 13.2 Å². The first kappa shape index (κ1) is 17.4. The number of ether oxygens (including phenoxy) is 1. The van der Waals surface area contributed by atoms with Gasteiger partial charge >= 0.3 is 0 Å². The summed E-state index contributed by atoms with van der Waals surface area (Å²) in [5, 5.41) is 9.11. The number of methoxy groups -OCH3 is 1. The van der Waals surface area contributed by atoms with E-state index in [-0.39, 0.29) is 29.1 Å². The number of thiophene rings is 1. The van der Waals surface area contributed by atoms with E-state index in [4.69, 9.17) is 4.74 Å². The molecule has 0 spiro atoms. The van der Waals surface area contributed by atoms with Gasteiger partial charge in [0.25, 0.3) is 11.5 Å². The van der Waals surface area contributed by atoms with Crippen LogP contribution in [0.3, 0.4) is 0 Å². The quantitative estimate of drug-likeness (QED) is 0.841. The van der Waals surface area contributed by atoms with Crippen molar-refractivity contribution in [2.24, 2.45) is 5.92 Å². The van der Waals surface area contributed by atoms with E-state index in [1.54, 1.807) is 18.4 Å². The Hall–Kier alpha value is -1.99. The predicted octanol–water partition coefficient (Wildman–Crippen LogP) is 2.08. The van der Waals surface area contributed by atoms with Crippen molar-refractivity contribution in [1.29, 1.82) is 0 Å². The molecule has 0 aliphatic rings. The molecule has 0 radical (unpaired) electrons. The molecule has 0 aromatic carbocycles. The van der Waals surface area contributed by atoms with E-state index in [0.717, 1.165) is 4.88 Å². The molecule has 0 fully saturated rings. The molecule has 0 unspecified atom stereocenters. The van der Waals surface area contributed by atoms with Crippen LogP contribution in [0.15, 0.2) is 34.4 Å². The van der Waals surface area contributed by atoms with Crippen LogP contribution in [0.25, 0.3) is 0 Å². The Morgan fingerprint density at radius 2 is 2.17 bits per heavy atom. The van der Waals surface area contributed by atoms with Crippen LogP contribution in [0.5, 0.6) is 0 Å². The highest BCUT2D eigenvalue weighted by atomic mass is 32.1. The molecule has 0 saturated carbocycles. The summed E-state index contributed by atoms with van der Waals surface area (Å²) < 4.78 is 6.19. The summed E-state index contributed by atoms with van der Waals surface area (Å²) in [6, 6.07) is 6.69. The Morgan fingerprint density at radius 1 is 1.39 bits per heavy atom. The number of carbonyl (C=O) groups excluding carboxylic acids is 1. The number of hydrogen-bond acceptors (Lipinski definition) is 5. The number of rotatable bonds is 7. The number of carbonyl (C=O) groups is 1. The molecule has 0 saturated heterocycles. The molecular formula is C16H21N3O3S. The zero-order valence-corrected chi connectivity index (χ0v) is 14.3. The van der Waals surface area contributed by atoms with Crippen LogP contribution in [0.1, 0.15) is 35.3 Å². The lowest BCUT2D eigenvalue weighted by atomic mass is 10.0. The highest BCUT2D eigenvalue weighted by Crippen LogP contribution is 2.25. The van der Waals surface area contributed by atoms with E-state index in [2.05, 4.69) is 24.3 Å². The second-order valence-corrected chi connectivity index (χ2v) is 6.46. The average molecular weight is 335 g/mol. The highest BCUT2D eigenvalue weighted by molar-refractivity contribution is 7.10. The van der Waals surface area contributed by atoms with Crippen LogP contribution in [0, 0.1) is 5.92 Å². The summed E-state index contributed by atoms with van der Waals surface area (Å²) in [5.74, 6) is -0.0414. The van der Waals surface area contributed by atoms with Crippen molar-refractivity contribution < 1.29 is 9.53 Å². The SMILES string of the molecule is COCCn1nc(C(=O)N[C@H](c2cccs2)C(C)C)ccc1=O. The van der Waals surface area contributed by atoms with E-state index in [9.17, 15) is 9.59 Å². The van der Waals surface area contributed by atoms with E-state index in [1.807, 2.05) is 17.5 Å². The Morgan fingerprint density at radius 3 is 2.78 bits per heavy atom. The summed E-state index contributed by atoms with van der Waals surface area (Å²) in [5.41, 5.74) is -0.0276. The molecule has 1 atom stereocenters. The molecule has 0 bridgehead atoms. The fraction of sp³-hybridized carbons (Fsp3) is 0.438. The number of nitrogens with zero attached hydrogens (tertiary/aromatic N) is 2. The summed E-state index contributed by atoms with van der Waals surface area (Å²) in [7, 11) is 1.55. The van der Waals surface area contributed by atoms with Crippen molar-refractivity contribution in [3.63, 3.8) is 0 Å². The van der Waals surface area contributed by atoms with Crippen molar-refractivity contribution in [2.75, 3.05) is 13.7 Å². The molecule has 1 amide bonds. The van der Waals surface area contributed by atoms with Gasteiger partial charge < -0.3 is 10.1 Å². The topological polar surface area (TPSA) is 73.2 Å². The maximum atomic E-state index is 12.5. The van der Waals surface area contributed by atoms with Gasteiger partial charge in [-0.2, -0.15) is 5.10 Å². The molecule has 23 heavy (non-hydrogen) atoms. The Kier molecular flexibility index (Phi) is 6.06. The van der Waals surface area contributed by atoms with Crippen LogP contribution >= 0.6 is 11.3 Å². The maximum Gasteiger partial charge on any atom is 0.272 e. The Balaban J connectivity index is 2.17. The van der Waals surface area contributed by atoms with Gasteiger partial charge in [0.2, 0.25) is 0 Å². The first-order valence-electron chi connectivity index (χ1n) is 7.44.